The molecule has 7 nitrogen and oxygen atoms in total. The van der Waals surface area contributed by atoms with E-state index in [1.54, 1.807) is 12.1 Å². The standard InChI is InChI=1S/C12H14N4O3/c1-2-6-13-8-11-14-12(15-19-11)9-4-3-5-10(7-9)16(17)18/h3-5,7,13H,2,6,8H2,1H3. The van der Waals surface area contributed by atoms with E-state index in [1.807, 2.05) is 0 Å². The average molecular weight is 262 g/mol. The summed E-state index contributed by atoms with van der Waals surface area (Å²) in [7, 11) is 0. The molecule has 0 amide bonds. The Labute approximate surface area is 109 Å². The van der Waals surface area contributed by atoms with Crippen LogP contribution in [-0.2, 0) is 6.54 Å². The molecule has 1 aromatic carbocycles. The highest BCUT2D eigenvalue weighted by Crippen LogP contribution is 2.21. The molecular formula is C12H14N4O3. The van der Waals surface area contributed by atoms with Gasteiger partial charge in [-0.3, -0.25) is 10.1 Å². The van der Waals surface area contributed by atoms with Gasteiger partial charge in [0.25, 0.3) is 5.69 Å². The Kier molecular flexibility index (Phi) is 4.19. The molecule has 0 aliphatic rings. The van der Waals surface area contributed by atoms with Crippen LogP contribution in [0.15, 0.2) is 28.8 Å². The fourth-order valence-electron chi connectivity index (χ4n) is 1.57. The van der Waals surface area contributed by atoms with Crippen molar-refractivity contribution in [1.82, 2.24) is 15.5 Å². The number of hydrogen-bond acceptors (Lipinski definition) is 6. The molecule has 0 radical (unpaired) electrons. The van der Waals surface area contributed by atoms with Gasteiger partial charge in [-0.1, -0.05) is 24.2 Å². The molecule has 2 rings (SSSR count). The number of non-ortho nitro benzene ring substituents is 1. The van der Waals surface area contributed by atoms with Gasteiger partial charge in [-0.15, -0.1) is 0 Å². The van der Waals surface area contributed by atoms with Crippen molar-refractivity contribution in [3.05, 3.63) is 40.3 Å². The number of nitrogens with zero attached hydrogens (tertiary/aromatic N) is 3. The molecule has 0 saturated carbocycles. The van der Waals surface area contributed by atoms with E-state index in [9.17, 15) is 10.1 Å². The summed E-state index contributed by atoms with van der Waals surface area (Å²) in [6.07, 6.45) is 1.02. The second-order valence-corrected chi connectivity index (χ2v) is 4.00. The van der Waals surface area contributed by atoms with E-state index < -0.39 is 4.92 Å². The normalized spacial score (nSPS) is 10.6. The van der Waals surface area contributed by atoms with Gasteiger partial charge in [0.05, 0.1) is 11.5 Å². The van der Waals surface area contributed by atoms with Crippen molar-refractivity contribution < 1.29 is 9.45 Å². The predicted molar refractivity (Wildman–Crippen MR) is 68.4 cm³/mol. The zero-order valence-electron chi connectivity index (χ0n) is 10.5. The highest BCUT2D eigenvalue weighted by Gasteiger charge is 2.12. The molecule has 0 aliphatic heterocycles. The Balaban J connectivity index is 2.13. The number of nitrogens with one attached hydrogen (secondary N) is 1. The number of aromatic nitrogens is 2. The predicted octanol–water partition coefficient (Wildman–Crippen LogP) is 2.14. The van der Waals surface area contributed by atoms with E-state index in [0.29, 0.717) is 23.8 Å². The van der Waals surface area contributed by atoms with Crippen molar-refractivity contribution >= 4 is 5.69 Å². The van der Waals surface area contributed by atoms with Gasteiger partial charge in [0.2, 0.25) is 11.7 Å². The number of benzene rings is 1. The van der Waals surface area contributed by atoms with Crippen molar-refractivity contribution in [2.45, 2.75) is 19.9 Å². The molecule has 19 heavy (non-hydrogen) atoms. The van der Waals surface area contributed by atoms with Crippen LogP contribution in [0.2, 0.25) is 0 Å². The largest absolute Gasteiger partial charge is 0.338 e. The fraction of sp³-hybridized carbons (Fsp3) is 0.333. The van der Waals surface area contributed by atoms with Gasteiger partial charge >= 0.3 is 0 Å². The van der Waals surface area contributed by atoms with Crippen LogP contribution in [0.1, 0.15) is 19.2 Å². The van der Waals surface area contributed by atoms with Crippen molar-refractivity contribution in [3.63, 3.8) is 0 Å². The third kappa shape index (κ3) is 3.35. The summed E-state index contributed by atoms with van der Waals surface area (Å²) in [5, 5.41) is 17.7. The first kappa shape index (κ1) is 13.2. The molecule has 0 bridgehead atoms. The first-order valence-electron chi connectivity index (χ1n) is 5.99. The lowest BCUT2D eigenvalue weighted by atomic mass is 10.2. The third-order valence-corrected chi connectivity index (χ3v) is 2.49. The molecular weight excluding hydrogens is 248 g/mol. The summed E-state index contributed by atoms with van der Waals surface area (Å²) in [6.45, 7) is 3.43. The second-order valence-electron chi connectivity index (χ2n) is 4.00. The molecule has 1 N–H and O–H groups in total. The van der Waals surface area contributed by atoms with Gasteiger partial charge in [0, 0.05) is 17.7 Å². The zero-order valence-corrected chi connectivity index (χ0v) is 10.5. The lowest BCUT2D eigenvalue weighted by molar-refractivity contribution is -0.384. The van der Waals surface area contributed by atoms with Crippen molar-refractivity contribution in [2.24, 2.45) is 0 Å². The van der Waals surface area contributed by atoms with Crippen molar-refractivity contribution in [2.75, 3.05) is 6.54 Å². The van der Waals surface area contributed by atoms with Crippen LogP contribution in [0.5, 0.6) is 0 Å². The van der Waals surface area contributed by atoms with Gasteiger partial charge in [-0.25, -0.2) is 0 Å². The lowest BCUT2D eigenvalue weighted by Gasteiger charge is -1.96. The molecule has 2 aromatic rings. The van der Waals surface area contributed by atoms with Crippen molar-refractivity contribution in [3.8, 4) is 11.4 Å². The number of nitro groups is 1. The van der Waals surface area contributed by atoms with Crippen LogP contribution in [0, 0.1) is 10.1 Å². The Morgan fingerprint density at radius 3 is 3.05 bits per heavy atom. The fourth-order valence-corrected chi connectivity index (χ4v) is 1.57. The highest BCUT2D eigenvalue weighted by atomic mass is 16.6. The first-order chi connectivity index (χ1) is 9.20. The molecule has 0 saturated heterocycles. The summed E-state index contributed by atoms with van der Waals surface area (Å²) in [4.78, 5) is 14.4. The Bertz CT molecular complexity index is 568. The van der Waals surface area contributed by atoms with Crippen molar-refractivity contribution in [1.29, 1.82) is 0 Å². The van der Waals surface area contributed by atoms with E-state index in [0.717, 1.165) is 13.0 Å². The van der Waals surface area contributed by atoms with Gasteiger partial charge < -0.3 is 9.84 Å². The van der Waals surface area contributed by atoms with E-state index in [4.69, 9.17) is 4.52 Å². The zero-order chi connectivity index (χ0) is 13.7. The summed E-state index contributed by atoms with van der Waals surface area (Å²) >= 11 is 0. The van der Waals surface area contributed by atoms with Crippen LogP contribution in [-0.4, -0.2) is 21.6 Å². The Morgan fingerprint density at radius 1 is 1.47 bits per heavy atom. The molecule has 0 fully saturated rings. The third-order valence-electron chi connectivity index (χ3n) is 2.49. The highest BCUT2D eigenvalue weighted by molar-refractivity contribution is 5.58. The van der Waals surface area contributed by atoms with Crippen LogP contribution < -0.4 is 5.32 Å². The van der Waals surface area contributed by atoms with E-state index in [1.165, 1.54) is 12.1 Å². The molecule has 0 aliphatic carbocycles. The average Bonchev–Trinajstić information content (AvgIpc) is 2.88. The molecule has 7 heteroatoms. The SMILES string of the molecule is CCCNCc1nc(-c2cccc([N+](=O)[O-])c2)no1. The maximum absolute atomic E-state index is 10.7. The number of nitro benzene ring substituents is 1. The van der Waals surface area contributed by atoms with Gasteiger partial charge in [0.15, 0.2) is 0 Å². The van der Waals surface area contributed by atoms with E-state index in [-0.39, 0.29) is 5.69 Å². The van der Waals surface area contributed by atoms with Gasteiger partial charge in [-0.2, -0.15) is 4.98 Å². The van der Waals surface area contributed by atoms with Crippen LogP contribution in [0.3, 0.4) is 0 Å². The molecule has 0 spiro atoms. The second kappa shape index (κ2) is 6.05. The lowest BCUT2D eigenvalue weighted by Crippen LogP contribution is -2.13. The van der Waals surface area contributed by atoms with Gasteiger partial charge in [0.1, 0.15) is 0 Å². The number of rotatable bonds is 6. The van der Waals surface area contributed by atoms with E-state index >= 15 is 0 Å². The first-order valence-corrected chi connectivity index (χ1v) is 5.99. The minimum atomic E-state index is -0.451. The maximum atomic E-state index is 10.7. The minimum absolute atomic E-state index is 0.00737. The topological polar surface area (TPSA) is 94.1 Å². The van der Waals surface area contributed by atoms with E-state index in [2.05, 4.69) is 22.4 Å². The monoisotopic (exact) mass is 262 g/mol. The molecule has 0 atom stereocenters. The Morgan fingerprint density at radius 2 is 2.32 bits per heavy atom. The van der Waals surface area contributed by atoms with Gasteiger partial charge in [-0.05, 0) is 13.0 Å². The number of hydrogen-bond donors (Lipinski definition) is 1. The van der Waals surface area contributed by atoms with Crippen LogP contribution >= 0.6 is 0 Å². The maximum Gasteiger partial charge on any atom is 0.270 e. The van der Waals surface area contributed by atoms with Crippen LogP contribution in [0.4, 0.5) is 5.69 Å². The summed E-state index contributed by atoms with van der Waals surface area (Å²) in [5.41, 5.74) is 0.577. The quantitative estimate of drug-likeness (QED) is 0.487. The minimum Gasteiger partial charge on any atom is -0.338 e. The smallest absolute Gasteiger partial charge is 0.270 e. The molecule has 0 unspecified atom stereocenters. The molecule has 1 heterocycles. The van der Waals surface area contributed by atoms with Crippen LogP contribution in [0.25, 0.3) is 11.4 Å². The molecule has 1 aromatic heterocycles. The molecule has 100 valence electrons. The summed E-state index contributed by atoms with van der Waals surface area (Å²) < 4.78 is 5.07. The Hall–Kier alpha value is -2.28. The summed E-state index contributed by atoms with van der Waals surface area (Å²) in [5.74, 6) is 0.826. The summed E-state index contributed by atoms with van der Waals surface area (Å²) in [6, 6.07) is 6.15.